The van der Waals surface area contributed by atoms with Crippen LogP contribution in [0.2, 0.25) is 0 Å². The van der Waals surface area contributed by atoms with Crippen LogP contribution in [-0.4, -0.2) is 48.2 Å². The number of nitrogens with one attached hydrogen (secondary N) is 2. The Balaban J connectivity index is 0.00000220. The highest BCUT2D eigenvalue weighted by atomic mass is 127. The summed E-state index contributed by atoms with van der Waals surface area (Å²) in [4.78, 5) is 6.78. The predicted octanol–water partition coefficient (Wildman–Crippen LogP) is 1.83. The molecule has 1 aliphatic rings. The third-order valence-corrected chi connectivity index (χ3v) is 3.75. The third kappa shape index (κ3) is 5.82. The van der Waals surface area contributed by atoms with Crippen LogP contribution in [0.5, 0.6) is 0 Å². The molecule has 0 unspecified atom stereocenters. The summed E-state index contributed by atoms with van der Waals surface area (Å²) in [6.45, 7) is 7.44. The number of likely N-dealkylation sites (tertiary alicyclic amines) is 1. The normalized spacial score (nSPS) is 17.6. The van der Waals surface area contributed by atoms with Crippen molar-refractivity contribution < 1.29 is 4.52 Å². The quantitative estimate of drug-likeness (QED) is 0.453. The number of halogens is 1. The minimum Gasteiger partial charge on any atom is -0.364 e. The van der Waals surface area contributed by atoms with Gasteiger partial charge in [-0.15, -0.1) is 24.0 Å². The first-order valence-electron chi connectivity index (χ1n) is 7.29. The number of hydrogen-bond acceptors (Lipinski definition) is 4. The van der Waals surface area contributed by atoms with E-state index >= 15 is 0 Å². The average molecular weight is 407 g/mol. The van der Waals surface area contributed by atoms with E-state index in [4.69, 9.17) is 4.52 Å². The van der Waals surface area contributed by atoms with Gasteiger partial charge in [-0.1, -0.05) is 5.16 Å². The number of rotatable bonds is 4. The number of aliphatic imine (C=N–C) groups is 1. The molecule has 1 aromatic heterocycles. The molecule has 1 aliphatic heterocycles. The highest BCUT2D eigenvalue weighted by molar-refractivity contribution is 14.0. The molecule has 0 spiro atoms. The number of hydrogen-bond donors (Lipinski definition) is 2. The molecule has 0 radical (unpaired) electrons. The SMILES string of the molecule is CN=C(NCc1ccon1)NC1CCN(C(C)C)CC1.I. The van der Waals surface area contributed by atoms with Crippen molar-refractivity contribution in [3.63, 3.8) is 0 Å². The predicted molar refractivity (Wildman–Crippen MR) is 95.0 cm³/mol. The van der Waals surface area contributed by atoms with Gasteiger partial charge in [0.15, 0.2) is 5.96 Å². The molecule has 2 heterocycles. The molecule has 0 aliphatic carbocycles. The second kappa shape index (κ2) is 9.24. The van der Waals surface area contributed by atoms with Crippen molar-refractivity contribution in [1.29, 1.82) is 0 Å². The molecule has 0 atom stereocenters. The first-order valence-corrected chi connectivity index (χ1v) is 7.29. The zero-order chi connectivity index (χ0) is 14.4. The zero-order valence-electron chi connectivity index (χ0n) is 13.0. The monoisotopic (exact) mass is 407 g/mol. The number of piperidine rings is 1. The van der Waals surface area contributed by atoms with E-state index in [0.717, 1.165) is 37.6 Å². The van der Waals surface area contributed by atoms with E-state index in [0.29, 0.717) is 18.6 Å². The van der Waals surface area contributed by atoms with Crippen molar-refractivity contribution in [2.75, 3.05) is 20.1 Å². The van der Waals surface area contributed by atoms with Crippen LogP contribution in [-0.2, 0) is 6.54 Å². The molecule has 2 rings (SSSR count). The van der Waals surface area contributed by atoms with Crippen LogP contribution in [0.3, 0.4) is 0 Å². The summed E-state index contributed by atoms with van der Waals surface area (Å²) < 4.78 is 4.81. The Morgan fingerprint density at radius 3 is 2.71 bits per heavy atom. The van der Waals surface area contributed by atoms with Crippen LogP contribution in [0, 0.1) is 0 Å². The van der Waals surface area contributed by atoms with Gasteiger partial charge in [0.1, 0.15) is 12.0 Å². The molecule has 7 heteroatoms. The lowest BCUT2D eigenvalue weighted by molar-refractivity contribution is 0.167. The number of aromatic nitrogens is 1. The first kappa shape index (κ1) is 18.2. The van der Waals surface area contributed by atoms with E-state index in [-0.39, 0.29) is 24.0 Å². The fraction of sp³-hybridized carbons (Fsp3) is 0.714. The van der Waals surface area contributed by atoms with Gasteiger partial charge in [-0.25, -0.2) is 0 Å². The molecule has 0 saturated carbocycles. The highest BCUT2D eigenvalue weighted by Crippen LogP contribution is 2.12. The van der Waals surface area contributed by atoms with E-state index in [1.807, 2.05) is 6.07 Å². The molecule has 1 aromatic rings. The number of guanidine groups is 1. The van der Waals surface area contributed by atoms with E-state index < -0.39 is 0 Å². The first-order chi connectivity index (χ1) is 9.69. The maximum atomic E-state index is 4.81. The zero-order valence-corrected chi connectivity index (χ0v) is 15.3. The Morgan fingerprint density at radius 2 is 2.19 bits per heavy atom. The lowest BCUT2D eigenvalue weighted by atomic mass is 10.0. The fourth-order valence-corrected chi connectivity index (χ4v) is 2.45. The van der Waals surface area contributed by atoms with Crippen molar-refractivity contribution in [1.82, 2.24) is 20.7 Å². The van der Waals surface area contributed by atoms with Gasteiger partial charge in [-0.2, -0.15) is 0 Å². The van der Waals surface area contributed by atoms with Gasteiger partial charge in [0.25, 0.3) is 0 Å². The van der Waals surface area contributed by atoms with Crippen molar-refractivity contribution in [3.05, 3.63) is 18.0 Å². The van der Waals surface area contributed by atoms with E-state index in [2.05, 4.69) is 39.5 Å². The average Bonchev–Trinajstić information content (AvgIpc) is 2.97. The Hall–Kier alpha value is -0.830. The van der Waals surface area contributed by atoms with Gasteiger partial charge >= 0.3 is 0 Å². The van der Waals surface area contributed by atoms with Crippen LogP contribution in [0.4, 0.5) is 0 Å². The summed E-state index contributed by atoms with van der Waals surface area (Å²) in [5.41, 5.74) is 0.877. The van der Waals surface area contributed by atoms with Gasteiger partial charge in [-0.05, 0) is 26.7 Å². The van der Waals surface area contributed by atoms with Crippen LogP contribution < -0.4 is 10.6 Å². The lowest BCUT2D eigenvalue weighted by Gasteiger charge is -2.35. The molecular formula is C14H26IN5O. The van der Waals surface area contributed by atoms with Gasteiger partial charge in [0, 0.05) is 38.3 Å². The standard InChI is InChI=1S/C14H25N5O.HI/c1-11(2)19-7-4-12(5-8-19)17-14(15-3)16-10-13-6-9-20-18-13;/h6,9,11-12H,4-5,7-8,10H2,1-3H3,(H2,15,16,17);1H. The van der Waals surface area contributed by atoms with Crippen molar-refractivity contribution in [2.45, 2.75) is 45.3 Å². The van der Waals surface area contributed by atoms with Gasteiger partial charge in [-0.3, -0.25) is 4.99 Å². The molecule has 0 bridgehead atoms. The molecule has 0 aromatic carbocycles. The second-order valence-corrected chi connectivity index (χ2v) is 5.46. The molecule has 1 saturated heterocycles. The molecule has 120 valence electrons. The van der Waals surface area contributed by atoms with E-state index in [1.54, 1.807) is 13.3 Å². The Bertz CT molecular complexity index is 413. The lowest BCUT2D eigenvalue weighted by Crippen LogP contribution is -2.49. The minimum absolute atomic E-state index is 0. The van der Waals surface area contributed by atoms with Gasteiger partial charge < -0.3 is 20.1 Å². The van der Waals surface area contributed by atoms with Crippen LogP contribution in [0.15, 0.2) is 21.8 Å². The summed E-state index contributed by atoms with van der Waals surface area (Å²) in [5.74, 6) is 0.830. The Morgan fingerprint density at radius 1 is 1.48 bits per heavy atom. The summed E-state index contributed by atoms with van der Waals surface area (Å²) in [6.07, 6.45) is 3.89. The summed E-state index contributed by atoms with van der Waals surface area (Å²) in [7, 11) is 1.79. The van der Waals surface area contributed by atoms with E-state index in [1.165, 1.54) is 0 Å². The maximum absolute atomic E-state index is 4.81. The van der Waals surface area contributed by atoms with Crippen molar-refractivity contribution in [2.24, 2.45) is 4.99 Å². The third-order valence-electron chi connectivity index (χ3n) is 3.75. The second-order valence-electron chi connectivity index (χ2n) is 5.46. The van der Waals surface area contributed by atoms with Crippen LogP contribution in [0.25, 0.3) is 0 Å². The van der Waals surface area contributed by atoms with E-state index in [9.17, 15) is 0 Å². The summed E-state index contributed by atoms with van der Waals surface area (Å²) >= 11 is 0. The molecule has 6 nitrogen and oxygen atoms in total. The molecule has 0 amide bonds. The molecule has 1 fully saturated rings. The fourth-order valence-electron chi connectivity index (χ4n) is 2.45. The minimum atomic E-state index is 0. The summed E-state index contributed by atoms with van der Waals surface area (Å²) in [5, 5.41) is 10.6. The van der Waals surface area contributed by atoms with Gasteiger partial charge in [0.2, 0.25) is 0 Å². The molecular weight excluding hydrogens is 381 g/mol. The van der Waals surface area contributed by atoms with Crippen LogP contribution >= 0.6 is 24.0 Å². The molecule has 2 N–H and O–H groups in total. The summed E-state index contributed by atoms with van der Waals surface area (Å²) in [6, 6.07) is 2.98. The largest absolute Gasteiger partial charge is 0.364 e. The Kier molecular flexibility index (Phi) is 8.02. The van der Waals surface area contributed by atoms with Gasteiger partial charge in [0.05, 0.1) is 6.54 Å². The Labute approximate surface area is 143 Å². The number of nitrogens with zero attached hydrogens (tertiary/aromatic N) is 3. The van der Waals surface area contributed by atoms with Crippen molar-refractivity contribution >= 4 is 29.9 Å². The van der Waals surface area contributed by atoms with Crippen LogP contribution in [0.1, 0.15) is 32.4 Å². The topological polar surface area (TPSA) is 65.7 Å². The maximum Gasteiger partial charge on any atom is 0.191 e. The molecule has 21 heavy (non-hydrogen) atoms. The van der Waals surface area contributed by atoms with Crippen molar-refractivity contribution in [3.8, 4) is 0 Å². The smallest absolute Gasteiger partial charge is 0.191 e. The highest BCUT2D eigenvalue weighted by Gasteiger charge is 2.21.